The Morgan fingerprint density at radius 1 is 1.28 bits per heavy atom. The first-order chi connectivity index (χ1) is 8.34. The summed E-state index contributed by atoms with van der Waals surface area (Å²) >= 11 is 0. The summed E-state index contributed by atoms with van der Waals surface area (Å²) in [5.41, 5.74) is -0.266. The van der Waals surface area contributed by atoms with Crippen molar-refractivity contribution in [3.8, 4) is 6.07 Å². The van der Waals surface area contributed by atoms with E-state index in [1.165, 1.54) is 19.3 Å². The fraction of sp³-hybridized carbons (Fsp3) is 0.867. The zero-order valence-electron chi connectivity index (χ0n) is 11.5. The summed E-state index contributed by atoms with van der Waals surface area (Å²) in [6, 6.07) is 2.44. The van der Waals surface area contributed by atoms with E-state index in [4.69, 9.17) is 5.26 Å². The highest BCUT2D eigenvalue weighted by Gasteiger charge is 2.61. The van der Waals surface area contributed by atoms with Crippen molar-refractivity contribution in [1.29, 1.82) is 5.26 Å². The number of hydrogen-bond donors (Lipinski definition) is 1. The van der Waals surface area contributed by atoms with E-state index in [0.717, 1.165) is 18.8 Å². The van der Waals surface area contributed by atoms with Crippen molar-refractivity contribution in [2.45, 2.75) is 58.9 Å². The summed E-state index contributed by atoms with van der Waals surface area (Å²) in [7, 11) is 0. The van der Waals surface area contributed by atoms with Crippen LogP contribution in [0.15, 0.2) is 0 Å². The van der Waals surface area contributed by atoms with Crippen molar-refractivity contribution >= 4 is 5.91 Å². The molecule has 1 N–H and O–H groups in total. The normalized spacial score (nSPS) is 42.3. The van der Waals surface area contributed by atoms with Gasteiger partial charge in [-0.25, -0.2) is 0 Å². The molecule has 0 aromatic rings. The van der Waals surface area contributed by atoms with Crippen LogP contribution in [-0.4, -0.2) is 11.9 Å². The third kappa shape index (κ3) is 1.38. The van der Waals surface area contributed by atoms with Crippen molar-refractivity contribution in [1.82, 2.24) is 5.32 Å². The summed E-state index contributed by atoms with van der Waals surface area (Å²) in [4.78, 5) is 12.3. The maximum Gasteiger partial charge on any atom is 0.240 e. The molecule has 98 valence electrons. The highest BCUT2D eigenvalue weighted by Crippen LogP contribution is 2.62. The molecular formula is C15H22N2O. The lowest BCUT2D eigenvalue weighted by Crippen LogP contribution is -2.53. The van der Waals surface area contributed by atoms with Gasteiger partial charge in [-0.05, 0) is 48.9 Å². The minimum absolute atomic E-state index is 0.0168. The average Bonchev–Trinajstić information content (AvgIpc) is 2.98. The Bertz CT molecular complexity index is 439. The minimum atomic E-state index is -0.686. The largest absolute Gasteiger partial charge is 0.351 e. The Morgan fingerprint density at radius 2 is 1.94 bits per heavy atom. The summed E-state index contributed by atoms with van der Waals surface area (Å²) in [5.74, 6) is 0.710. The lowest BCUT2D eigenvalue weighted by molar-refractivity contribution is -0.127. The molecule has 18 heavy (non-hydrogen) atoms. The van der Waals surface area contributed by atoms with E-state index in [-0.39, 0.29) is 22.8 Å². The molecule has 3 atom stereocenters. The van der Waals surface area contributed by atoms with Crippen LogP contribution in [0.1, 0.15) is 52.9 Å². The minimum Gasteiger partial charge on any atom is -0.351 e. The molecule has 3 saturated carbocycles. The van der Waals surface area contributed by atoms with Gasteiger partial charge in [-0.3, -0.25) is 4.79 Å². The van der Waals surface area contributed by atoms with Gasteiger partial charge in [-0.1, -0.05) is 20.8 Å². The van der Waals surface area contributed by atoms with Gasteiger partial charge >= 0.3 is 0 Å². The van der Waals surface area contributed by atoms with Crippen LogP contribution in [0.25, 0.3) is 0 Å². The molecule has 0 heterocycles. The van der Waals surface area contributed by atoms with Crippen LogP contribution in [0, 0.1) is 33.5 Å². The van der Waals surface area contributed by atoms with Gasteiger partial charge in [0.2, 0.25) is 5.91 Å². The van der Waals surface area contributed by atoms with Crippen LogP contribution in [0.5, 0.6) is 0 Å². The van der Waals surface area contributed by atoms with Crippen molar-refractivity contribution < 1.29 is 4.79 Å². The molecule has 2 bridgehead atoms. The number of carbonyl (C=O) groups is 1. The topological polar surface area (TPSA) is 52.9 Å². The average molecular weight is 246 g/mol. The van der Waals surface area contributed by atoms with E-state index in [0.29, 0.717) is 0 Å². The molecular weight excluding hydrogens is 224 g/mol. The maximum atomic E-state index is 12.3. The number of nitriles is 1. The summed E-state index contributed by atoms with van der Waals surface area (Å²) < 4.78 is 0. The smallest absolute Gasteiger partial charge is 0.240 e. The van der Waals surface area contributed by atoms with Gasteiger partial charge in [0.25, 0.3) is 0 Å². The maximum absolute atomic E-state index is 12.3. The Hall–Kier alpha value is -1.04. The van der Waals surface area contributed by atoms with Crippen LogP contribution in [0.2, 0.25) is 0 Å². The van der Waals surface area contributed by atoms with Crippen molar-refractivity contribution in [3.05, 3.63) is 0 Å². The lowest BCUT2D eigenvalue weighted by atomic mass is 9.68. The first-order valence-electron chi connectivity index (χ1n) is 7.06. The highest BCUT2D eigenvalue weighted by molar-refractivity contribution is 5.88. The molecule has 3 nitrogen and oxygen atoms in total. The zero-order valence-corrected chi connectivity index (χ0v) is 11.5. The van der Waals surface area contributed by atoms with E-state index in [1.54, 1.807) is 0 Å². The molecule has 0 aliphatic heterocycles. The molecule has 0 aromatic carbocycles. The van der Waals surface area contributed by atoms with Gasteiger partial charge in [-0.15, -0.1) is 0 Å². The number of fused-ring (bicyclic) bond motifs is 2. The van der Waals surface area contributed by atoms with Crippen molar-refractivity contribution in [2.24, 2.45) is 22.2 Å². The van der Waals surface area contributed by atoms with Gasteiger partial charge in [0.1, 0.15) is 5.41 Å². The lowest BCUT2D eigenvalue weighted by Gasteiger charge is -2.43. The van der Waals surface area contributed by atoms with E-state index >= 15 is 0 Å². The third-order valence-corrected chi connectivity index (χ3v) is 5.94. The van der Waals surface area contributed by atoms with Crippen LogP contribution in [0.4, 0.5) is 0 Å². The van der Waals surface area contributed by atoms with Crippen LogP contribution in [-0.2, 0) is 4.79 Å². The third-order valence-electron chi connectivity index (χ3n) is 5.94. The first-order valence-corrected chi connectivity index (χ1v) is 7.06. The van der Waals surface area contributed by atoms with Crippen LogP contribution in [0.3, 0.4) is 0 Å². The summed E-state index contributed by atoms with van der Waals surface area (Å²) in [5, 5.41) is 12.3. The number of amides is 1. The quantitative estimate of drug-likeness (QED) is 0.814. The van der Waals surface area contributed by atoms with Gasteiger partial charge in [-0.2, -0.15) is 5.26 Å². The zero-order chi connectivity index (χ0) is 13.2. The first kappa shape index (κ1) is 12.0. The van der Waals surface area contributed by atoms with E-state index in [1.807, 2.05) is 0 Å². The SMILES string of the molecule is CC12CCC(C1)C(C)(C)C2NC(=O)C1(C#N)CC1. The van der Waals surface area contributed by atoms with Crippen LogP contribution < -0.4 is 5.32 Å². The number of hydrogen-bond acceptors (Lipinski definition) is 2. The molecule has 3 unspecified atom stereocenters. The van der Waals surface area contributed by atoms with Crippen LogP contribution >= 0.6 is 0 Å². The molecule has 3 fully saturated rings. The number of nitrogens with one attached hydrogen (secondary N) is 1. The van der Waals surface area contributed by atoms with E-state index in [9.17, 15) is 4.79 Å². The molecule has 3 aliphatic rings. The molecule has 1 amide bonds. The second kappa shape index (κ2) is 3.29. The molecule has 3 aliphatic carbocycles. The number of carbonyl (C=O) groups excluding carboxylic acids is 1. The second-order valence-electron chi connectivity index (χ2n) is 7.52. The van der Waals surface area contributed by atoms with E-state index < -0.39 is 5.41 Å². The Balaban J connectivity index is 1.81. The fourth-order valence-corrected chi connectivity index (χ4v) is 4.45. The van der Waals surface area contributed by atoms with Crippen molar-refractivity contribution in [2.75, 3.05) is 0 Å². The predicted molar refractivity (Wildman–Crippen MR) is 68.4 cm³/mol. The van der Waals surface area contributed by atoms with E-state index in [2.05, 4.69) is 32.2 Å². The Morgan fingerprint density at radius 3 is 2.39 bits per heavy atom. The second-order valence-corrected chi connectivity index (χ2v) is 7.52. The Labute approximate surface area is 109 Å². The predicted octanol–water partition coefficient (Wildman–Crippen LogP) is 2.62. The standard InChI is InChI=1S/C15H22N2O/c1-13(2)10-4-5-14(3,8-10)11(13)17-12(18)15(9-16)6-7-15/h10-11H,4-8H2,1-3H3,(H,17,18). The summed E-state index contributed by atoms with van der Waals surface area (Å²) in [6.07, 6.45) is 5.21. The monoisotopic (exact) mass is 246 g/mol. The van der Waals surface area contributed by atoms with Gasteiger partial charge in [0, 0.05) is 6.04 Å². The molecule has 0 radical (unpaired) electrons. The van der Waals surface area contributed by atoms with Gasteiger partial charge < -0.3 is 5.32 Å². The molecule has 3 rings (SSSR count). The highest BCUT2D eigenvalue weighted by atomic mass is 16.2. The Kier molecular flexibility index (Phi) is 2.20. The fourth-order valence-electron chi connectivity index (χ4n) is 4.45. The van der Waals surface area contributed by atoms with Gasteiger partial charge in [0.15, 0.2) is 0 Å². The van der Waals surface area contributed by atoms with Crippen molar-refractivity contribution in [3.63, 3.8) is 0 Å². The number of nitrogens with zero attached hydrogens (tertiary/aromatic N) is 1. The molecule has 0 spiro atoms. The molecule has 0 aromatic heterocycles. The molecule has 0 saturated heterocycles. The molecule has 3 heteroatoms. The van der Waals surface area contributed by atoms with Gasteiger partial charge in [0.05, 0.1) is 6.07 Å². The summed E-state index contributed by atoms with van der Waals surface area (Å²) in [6.45, 7) is 6.86. The number of rotatable bonds is 2.